The van der Waals surface area contributed by atoms with E-state index in [1.807, 2.05) is 18.2 Å². The maximum atomic E-state index is 15.4. The summed E-state index contributed by atoms with van der Waals surface area (Å²) in [5.74, 6) is 1.67. The van der Waals surface area contributed by atoms with Gasteiger partial charge < -0.3 is 19.9 Å². The zero-order valence-electron chi connectivity index (χ0n) is 17.9. The molecule has 1 aromatic heterocycles. The summed E-state index contributed by atoms with van der Waals surface area (Å²) < 4.78 is 32.8. The number of thioether (sulfide) groups is 1. The molecule has 34 heavy (non-hydrogen) atoms. The van der Waals surface area contributed by atoms with E-state index < -0.39 is 11.4 Å². The van der Waals surface area contributed by atoms with Crippen molar-refractivity contribution in [3.8, 4) is 23.1 Å². The quantitative estimate of drug-likeness (QED) is 0.457. The van der Waals surface area contributed by atoms with Crippen molar-refractivity contribution in [2.75, 3.05) is 19.0 Å². The van der Waals surface area contributed by atoms with Gasteiger partial charge in [0.2, 0.25) is 5.88 Å². The average molecular weight is 496 g/mol. The lowest BCUT2D eigenvalue weighted by molar-refractivity contribution is 0.161. The molecule has 0 aliphatic carbocycles. The minimum absolute atomic E-state index is 0.174. The van der Waals surface area contributed by atoms with Gasteiger partial charge >= 0.3 is 0 Å². The number of rotatable bonds is 3. The number of aromatic nitrogens is 1. The minimum atomic E-state index is -0.901. The van der Waals surface area contributed by atoms with Crippen LogP contribution in [0.15, 0.2) is 59.6 Å². The van der Waals surface area contributed by atoms with Crippen LogP contribution in [-0.2, 0) is 10.3 Å². The molecular formula is C25H19ClFN3O3S. The number of halogens is 2. The van der Waals surface area contributed by atoms with Crippen LogP contribution in [-0.4, -0.2) is 29.1 Å². The Labute approximate surface area is 204 Å². The molecule has 9 heteroatoms. The molecule has 3 aliphatic rings. The highest BCUT2D eigenvalue weighted by molar-refractivity contribution is 8.14. The minimum Gasteiger partial charge on any atom is -0.453 e. The highest BCUT2D eigenvalue weighted by Gasteiger charge is 2.47. The van der Waals surface area contributed by atoms with Crippen LogP contribution >= 0.6 is 23.4 Å². The van der Waals surface area contributed by atoms with E-state index in [0.717, 1.165) is 16.7 Å². The molecule has 2 aromatic carbocycles. The number of benzene rings is 2. The molecule has 172 valence electrons. The fraction of sp³-hybridized carbons (Fsp3) is 0.200. The van der Waals surface area contributed by atoms with Crippen LogP contribution in [0.4, 0.5) is 4.39 Å². The zero-order valence-corrected chi connectivity index (χ0v) is 19.5. The van der Waals surface area contributed by atoms with Gasteiger partial charge in [-0.3, -0.25) is 0 Å². The Morgan fingerprint density at radius 1 is 1.15 bits per heavy atom. The van der Waals surface area contributed by atoms with E-state index in [0.29, 0.717) is 58.7 Å². The highest BCUT2D eigenvalue weighted by Crippen LogP contribution is 2.55. The van der Waals surface area contributed by atoms with Crippen LogP contribution in [0.2, 0.25) is 5.15 Å². The summed E-state index contributed by atoms with van der Waals surface area (Å²) >= 11 is 7.43. The summed E-state index contributed by atoms with van der Waals surface area (Å²) in [6.45, 7) is 1.12. The molecule has 0 unspecified atom stereocenters. The van der Waals surface area contributed by atoms with Crippen molar-refractivity contribution in [2.24, 2.45) is 10.7 Å². The number of nitrogens with two attached hydrogens (primary N) is 1. The Bertz CT molecular complexity index is 1380. The lowest BCUT2D eigenvalue weighted by Crippen LogP contribution is -2.31. The summed E-state index contributed by atoms with van der Waals surface area (Å²) in [6, 6.07) is 14.0. The number of hydrogen-bond acceptors (Lipinski definition) is 7. The first-order valence-electron chi connectivity index (χ1n) is 10.7. The van der Waals surface area contributed by atoms with Crippen molar-refractivity contribution in [2.45, 2.75) is 12.0 Å². The number of fused-ring (bicyclic) bond motifs is 4. The molecule has 4 heterocycles. The Balaban J connectivity index is 1.49. The molecule has 3 aromatic rings. The van der Waals surface area contributed by atoms with Gasteiger partial charge in [-0.25, -0.2) is 14.4 Å². The molecule has 0 amide bonds. The number of aliphatic imine (C=N–C) groups is 1. The molecule has 0 radical (unpaired) electrons. The van der Waals surface area contributed by atoms with Crippen LogP contribution in [0, 0.1) is 5.82 Å². The molecule has 0 bridgehead atoms. The Morgan fingerprint density at radius 2 is 2.06 bits per heavy atom. The first kappa shape index (κ1) is 21.5. The van der Waals surface area contributed by atoms with Gasteiger partial charge in [0.1, 0.15) is 22.2 Å². The third-order valence-corrected chi connectivity index (χ3v) is 7.23. The van der Waals surface area contributed by atoms with Gasteiger partial charge in [-0.05, 0) is 54.0 Å². The lowest BCUT2D eigenvalue weighted by atomic mass is 9.80. The second-order valence-corrected chi connectivity index (χ2v) is 9.53. The van der Waals surface area contributed by atoms with Gasteiger partial charge in [-0.15, -0.1) is 0 Å². The molecule has 0 saturated heterocycles. The Kier molecular flexibility index (Phi) is 5.24. The fourth-order valence-corrected chi connectivity index (χ4v) is 5.60. The first-order chi connectivity index (χ1) is 16.5. The van der Waals surface area contributed by atoms with Gasteiger partial charge in [0.15, 0.2) is 16.7 Å². The molecule has 0 fully saturated rings. The number of ether oxygens (including phenoxy) is 3. The monoisotopic (exact) mass is 495 g/mol. The number of amidine groups is 1. The maximum Gasteiger partial charge on any atom is 0.220 e. The summed E-state index contributed by atoms with van der Waals surface area (Å²) in [5, 5.41) is 0.775. The summed E-state index contributed by atoms with van der Waals surface area (Å²) in [5.41, 5.74) is 8.49. The molecule has 3 aliphatic heterocycles. The van der Waals surface area contributed by atoms with E-state index in [1.54, 1.807) is 30.3 Å². The number of nitrogens with zero attached hydrogens (tertiary/aromatic N) is 2. The molecule has 6 nitrogen and oxygen atoms in total. The van der Waals surface area contributed by atoms with Crippen LogP contribution < -0.4 is 15.2 Å². The summed E-state index contributed by atoms with van der Waals surface area (Å²) in [7, 11) is 0. The summed E-state index contributed by atoms with van der Waals surface area (Å²) in [6.07, 6.45) is 2.70. The van der Waals surface area contributed by atoms with Gasteiger partial charge in [0, 0.05) is 22.9 Å². The molecule has 2 N–H and O–H groups in total. The topological polar surface area (TPSA) is 79.0 Å². The largest absolute Gasteiger partial charge is 0.453 e. The standard InChI is InChI=1S/C25H19ClFN3O3S/c26-21-2-1-3-22(29-21)32-16-4-5-20-17(12-16)25(13-34-24(28)30-25)18-10-15(11-19(27)23(18)33-20)14-6-8-31-9-7-14/h1-6,10-12H,7-9,13H2,(H2,28,30)/t25-/m0/s1. The molecule has 0 saturated carbocycles. The van der Waals surface area contributed by atoms with E-state index in [1.165, 1.54) is 17.8 Å². The molecule has 1 spiro atoms. The van der Waals surface area contributed by atoms with Crippen molar-refractivity contribution in [1.29, 1.82) is 0 Å². The van der Waals surface area contributed by atoms with Crippen LogP contribution in [0.25, 0.3) is 5.57 Å². The SMILES string of the molecule is NC1=N[C@@]2(CS1)c1cc(Oc3cccc(Cl)n3)ccc1Oc1c(F)cc(C3=CCOCC3)cc12. The van der Waals surface area contributed by atoms with Crippen LogP contribution in [0.5, 0.6) is 23.1 Å². The summed E-state index contributed by atoms with van der Waals surface area (Å²) in [4.78, 5) is 9.01. The normalized spacial score (nSPS) is 20.8. The molecule has 1 atom stereocenters. The van der Waals surface area contributed by atoms with Crippen molar-refractivity contribution in [3.05, 3.63) is 82.3 Å². The van der Waals surface area contributed by atoms with Gasteiger partial charge in [0.05, 0.1) is 13.2 Å². The average Bonchev–Trinajstić information content (AvgIpc) is 3.23. The molecule has 6 rings (SSSR count). The smallest absolute Gasteiger partial charge is 0.220 e. The van der Waals surface area contributed by atoms with Crippen molar-refractivity contribution in [3.63, 3.8) is 0 Å². The zero-order chi connectivity index (χ0) is 23.3. The Hall–Kier alpha value is -3.07. The number of hydrogen-bond donors (Lipinski definition) is 1. The van der Waals surface area contributed by atoms with Crippen molar-refractivity contribution >= 4 is 34.1 Å². The van der Waals surface area contributed by atoms with Crippen LogP contribution in [0.1, 0.15) is 23.1 Å². The second kappa shape index (κ2) is 8.30. The van der Waals surface area contributed by atoms with Gasteiger partial charge in [0.25, 0.3) is 0 Å². The highest BCUT2D eigenvalue weighted by atomic mass is 35.5. The molecular weight excluding hydrogens is 477 g/mol. The maximum absolute atomic E-state index is 15.4. The first-order valence-corrected chi connectivity index (χ1v) is 12.1. The third-order valence-electron chi connectivity index (χ3n) is 6.07. The lowest BCUT2D eigenvalue weighted by Gasteiger charge is -2.35. The number of pyridine rings is 1. The van der Waals surface area contributed by atoms with E-state index in [9.17, 15) is 0 Å². The fourth-order valence-electron chi connectivity index (χ4n) is 4.49. The van der Waals surface area contributed by atoms with E-state index >= 15 is 4.39 Å². The Morgan fingerprint density at radius 3 is 2.82 bits per heavy atom. The second-order valence-electron chi connectivity index (χ2n) is 8.15. The van der Waals surface area contributed by atoms with Gasteiger partial charge in [-0.1, -0.05) is 35.5 Å². The third kappa shape index (κ3) is 3.62. The van der Waals surface area contributed by atoms with Crippen LogP contribution in [0.3, 0.4) is 0 Å². The van der Waals surface area contributed by atoms with Gasteiger partial charge in [-0.2, -0.15) is 0 Å². The van der Waals surface area contributed by atoms with E-state index in [4.69, 9.17) is 36.5 Å². The predicted molar refractivity (Wildman–Crippen MR) is 131 cm³/mol. The predicted octanol–water partition coefficient (Wildman–Crippen LogP) is 5.88. The van der Waals surface area contributed by atoms with E-state index in [-0.39, 0.29) is 5.75 Å². The van der Waals surface area contributed by atoms with E-state index in [2.05, 4.69) is 4.98 Å². The van der Waals surface area contributed by atoms with Crippen molar-refractivity contribution < 1.29 is 18.6 Å². The van der Waals surface area contributed by atoms with Crippen molar-refractivity contribution in [1.82, 2.24) is 4.98 Å².